The van der Waals surface area contributed by atoms with Crippen LogP contribution in [0.25, 0.3) is 0 Å². The molecule has 2 aromatic carbocycles. The van der Waals surface area contributed by atoms with Gasteiger partial charge in [-0.1, -0.05) is 34.3 Å². The number of anilines is 2. The highest BCUT2D eigenvalue weighted by molar-refractivity contribution is 7.92. The molecule has 0 unspecified atom stereocenters. The summed E-state index contributed by atoms with van der Waals surface area (Å²) < 4.78 is 82.5. The third-order valence-electron chi connectivity index (χ3n) is 6.18. The lowest BCUT2D eigenvalue weighted by Gasteiger charge is -2.28. The van der Waals surface area contributed by atoms with Crippen LogP contribution in [0.1, 0.15) is 17.5 Å². The van der Waals surface area contributed by atoms with Crippen molar-refractivity contribution in [2.45, 2.75) is 37.0 Å². The van der Waals surface area contributed by atoms with E-state index >= 15 is 0 Å². The van der Waals surface area contributed by atoms with Gasteiger partial charge in [0.05, 0.1) is 15.6 Å². The molecule has 1 fully saturated rings. The highest BCUT2D eigenvalue weighted by Gasteiger charge is 2.45. The Morgan fingerprint density at radius 2 is 2.03 bits per heavy atom. The van der Waals surface area contributed by atoms with Crippen LogP contribution in [0.5, 0.6) is 0 Å². The lowest BCUT2D eigenvalue weighted by molar-refractivity contribution is -0.199. The smallest absolute Gasteiger partial charge is 0.369 e. The first-order valence-corrected chi connectivity index (χ1v) is 14.0. The molecule has 1 aliphatic rings. The van der Waals surface area contributed by atoms with Gasteiger partial charge in [0.15, 0.2) is 0 Å². The summed E-state index contributed by atoms with van der Waals surface area (Å²) in [5, 5.41) is -0.609. The monoisotopic (exact) mass is 607 g/mol. The van der Waals surface area contributed by atoms with Crippen molar-refractivity contribution in [2.24, 2.45) is 0 Å². The second kappa shape index (κ2) is 11.2. The second-order valence-electron chi connectivity index (χ2n) is 8.78. The summed E-state index contributed by atoms with van der Waals surface area (Å²) in [6.07, 6.45) is -3.82. The minimum Gasteiger partial charge on any atom is -0.369 e. The molecule has 0 saturated carbocycles. The summed E-state index contributed by atoms with van der Waals surface area (Å²) in [7, 11) is -3.09. The lowest BCUT2D eigenvalue weighted by Crippen LogP contribution is -2.38. The van der Waals surface area contributed by atoms with Gasteiger partial charge in [0.1, 0.15) is 12.1 Å². The van der Waals surface area contributed by atoms with E-state index < -0.39 is 32.2 Å². The Kier molecular flexibility index (Phi) is 8.35. The molecule has 0 radical (unpaired) electrons. The Labute approximate surface area is 230 Å². The van der Waals surface area contributed by atoms with Crippen molar-refractivity contribution in [3.05, 3.63) is 64.7 Å². The molecule has 4 rings (SSSR count). The van der Waals surface area contributed by atoms with Gasteiger partial charge in [0.2, 0.25) is 0 Å². The number of nitrogens with zero attached hydrogens (tertiary/aromatic N) is 5. The van der Waals surface area contributed by atoms with Crippen molar-refractivity contribution in [3.63, 3.8) is 0 Å². The number of halogens is 5. The molecule has 1 aromatic heterocycles. The van der Waals surface area contributed by atoms with Crippen molar-refractivity contribution >= 4 is 49.9 Å². The summed E-state index contributed by atoms with van der Waals surface area (Å²) in [5.74, 6) is -2.99. The summed E-state index contributed by atoms with van der Waals surface area (Å²) in [6, 6.07) is 8.82. The van der Waals surface area contributed by atoms with Crippen LogP contribution in [0.2, 0.25) is 5.02 Å². The van der Waals surface area contributed by atoms with Gasteiger partial charge in [-0.05, 0) is 37.1 Å². The molecule has 0 aliphatic carbocycles. The third-order valence-corrected chi connectivity index (χ3v) is 8.77. The predicted octanol–water partition coefficient (Wildman–Crippen LogP) is 4.57. The van der Waals surface area contributed by atoms with Crippen LogP contribution in [0.3, 0.4) is 0 Å². The van der Waals surface area contributed by atoms with Crippen LogP contribution in [0.15, 0.2) is 47.6 Å². The molecule has 210 valence electrons. The van der Waals surface area contributed by atoms with Gasteiger partial charge in [-0.2, -0.15) is 26.0 Å². The topological polar surface area (TPSA) is 95.9 Å². The Hall–Kier alpha value is -3.01. The van der Waals surface area contributed by atoms with Crippen LogP contribution >= 0.6 is 23.1 Å². The van der Waals surface area contributed by atoms with Crippen molar-refractivity contribution in [3.8, 4) is 0 Å². The molecule has 1 atom stereocenters. The number of aryl methyl sites for hydroxylation is 1. The minimum atomic E-state index is -5.46. The Balaban J connectivity index is 1.52. The van der Waals surface area contributed by atoms with E-state index in [1.165, 1.54) is 6.07 Å². The average molecular weight is 608 g/mol. The Bertz CT molecular complexity index is 1460. The summed E-state index contributed by atoms with van der Waals surface area (Å²) in [5.41, 5.74) is 1.64. The van der Waals surface area contributed by atoms with Crippen molar-refractivity contribution in [1.29, 1.82) is 0 Å². The molecule has 3 aromatic rings. The number of carbonyl (C=O) groups excluding carboxylic acids is 1. The molecule has 2 heterocycles. The van der Waals surface area contributed by atoms with Crippen molar-refractivity contribution in [1.82, 2.24) is 14.3 Å². The van der Waals surface area contributed by atoms with Gasteiger partial charge in [0, 0.05) is 49.8 Å². The number of rotatable bonds is 8. The Morgan fingerprint density at radius 1 is 1.28 bits per heavy atom. The molecular formula is C23H22ClF4N5O4S2. The fraction of sp³-hybridized carbons (Fsp3) is 0.348. The number of sulfonamides is 1. The quantitative estimate of drug-likeness (QED) is 0.272. The van der Waals surface area contributed by atoms with Crippen LogP contribution in [0.4, 0.5) is 28.4 Å². The normalized spacial score (nSPS) is 16.3. The standard InChI is InChI=1S/C23H22ClF4N5O4S2/c1-14-4-3-5-15(20(14)25)11-32-9-8-16(12-32)31(2)19-7-6-17(10-18(19)24)39(35,36)33(22-29-13-30-38-22)37-21(34)23(26,27)28/h3-7,10,13,16H,8-9,11-12H2,1-2H3/t16-/m0/s1. The molecule has 16 heteroatoms. The number of hydrogen-bond donors (Lipinski definition) is 0. The zero-order valence-electron chi connectivity index (χ0n) is 20.5. The average Bonchev–Trinajstić information content (AvgIpc) is 3.56. The van der Waals surface area contributed by atoms with Gasteiger partial charge >= 0.3 is 12.1 Å². The number of benzene rings is 2. The van der Waals surface area contributed by atoms with E-state index in [2.05, 4.69) is 19.1 Å². The van der Waals surface area contributed by atoms with Gasteiger partial charge in [-0.15, -0.1) is 0 Å². The van der Waals surface area contributed by atoms with Gasteiger partial charge in [-0.25, -0.2) is 14.2 Å². The van der Waals surface area contributed by atoms with Gasteiger partial charge in [-0.3, -0.25) is 4.90 Å². The number of alkyl halides is 3. The highest BCUT2D eigenvalue weighted by Crippen LogP contribution is 2.34. The number of carbonyl (C=O) groups is 1. The lowest BCUT2D eigenvalue weighted by atomic mass is 10.1. The number of likely N-dealkylation sites (tertiary alicyclic amines) is 1. The van der Waals surface area contributed by atoms with E-state index in [0.29, 0.717) is 48.0 Å². The maximum Gasteiger partial charge on any atom is 0.493 e. The van der Waals surface area contributed by atoms with E-state index in [4.69, 9.17) is 11.6 Å². The summed E-state index contributed by atoms with van der Waals surface area (Å²) in [6.45, 7) is 3.44. The molecule has 1 aliphatic heterocycles. The van der Waals surface area contributed by atoms with Crippen LogP contribution in [0, 0.1) is 12.7 Å². The van der Waals surface area contributed by atoms with Crippen LogP contribution in [-0.4, -0.2) is 61.0 Å². The largest absolute Gasteiger partial charge is 0.493 e. The zero-order valence-corrected chi connectivity index (χ0v) is 22.9. The number of aromatic nitrogens is 2. The first-order chi connectivity index (χ1) is 18.3. The predicted molar refractivity (Wildman–Crippen MR) is 136 cm³/mol. The maximum atomic E-state index is 14.4. The van der Waals surface area contributed by atoms with E-state index in [0.717, 1.165) is 24.9 Å². The molecule has 39 heavy (non-hydrogen) atoms. The first kappa shape index (κ1) is 29.0. The molecule has 1 saturated heterocycles. The van der Waals surface area contributed by atoms with E-state index in [1.807, 2.05) is 4.90 Å². The first-order valence-electron chi connectivity index (χ1n) is 11.4. The van der Waals surface area contributed by atoms with Gasteiger partial charge in [0.25, 0.3) is 15.2 Å². The zero-order chi connectivity index (χ0) is 28.5. The number of likely N-dealkylation sites (N-methyl/N-ethyl adjacent to an activating group) is 1. The van der Waals surface area contributed by atoms with E-state index in [9.17, 15) is 30.8 Å². The summed E-state index contributed by atoms with van der Waals surface area (Å²) >= 11 is 6.83. The van der Waals surface area contributed by atoms with Gasteiger partial charge < -0.3 is 9.74 Å². The minimum absolute atomic E-state index is 0.00103. The van der Waals surface area contributed by atoms with E-state index in [1.54, 1.807) is 32.2 Å². The number of hydrogen-bond acceptors (Lipinski definition) is 9. The molecule has 9 nitrogen and oxygen atoms in total. The Morgan fingerprint density at radius 3 is 2.67 bits per heavy atom. The third kappa shape index (κ3) is 6.26. The highest BCUT2D eigenvalue weighted by atomic mass is 35.5. The molecule has 0 spiro atoms. The molecule has 0 N–H and O–H groups in total. The van der Waals surface area contributed by atoms with E-state index in [-0.39, 0.29) is 21.4 Å². The molecule has 0 bridgehead atoms. The fourth-order valence-corrected chi connectivity index (χ4v) is 6.41. The SMILES string of the molecule is Cc1cccc(CN2CC[C@H](N(C)c3ccc(S(=O)(=O)N(OC(=O)C(F)(F)F)c4ncns4)cc3Cl)C2)c1F. The maximum absolute atomic E-state index is 14.4. The molecule has 0 amide bonds. The second-order valence-corrected chi connectivity index (χ2v) is 11.7. The fourth-order valence-electron chi connectivity index (χ4n) is 4.14. The molecular weight excluding hydrogens is 586 g/mol. The van der Waals surface area contributed by atoms with Crippen LogP contribution in [-0.2, 0) is 26.2 Å². The van der Waals surface area contributed by atoms with Crippen molar-refractivity contribution < 1.29 is 35.6 Å². The summed E-state index contributed by atoms with van der Waals surface area (Å²) in [4.78, 5) is 22.6. The van der Waals surface area contributed by atoms with Crippen LogP contribution < -0.4 is 9.37 Å². The van der Waals surface area contributed by atoms with Crippen molar-refractivity contribution in [2.75, 3.05) is 29.5 Å².